The fourth-order valence-corrected chi connectivity index (χ4v) is 4.91. The molecule has 3 aliphatic carbocycles. The molecule has 3 aliphatic rings. The first-order chi connectivity index (χ1) is 10.2. The summed E-state index contributed by atoms with van der Waals surface area (Å²) in [4.78, 5) is 12.4. The van der Waals surface area contributed by atoms with Crippen LogP contribution in [0.2, 0.25) is 0 Å². The van der Waals surface area contributed by atoms with E-state index in [9.17, 15) is 4.79 Å². The summed E-state index contributed by atoms with van der Waals surface area (Å²) in [5, 5.41) is 0. The summed E-state index contributed by atoms with van der Waals surface area (Å²) in [6.07, 6.45) is 11.6. The van der Waals surface area contributed by atoms with Gasteiger partial charge in [-0.1, -0.05) is 37.1 Å². The van der Waals surface area contributed by atoms with E-state index in [1.165, 1.54) is 43.2 Å². The molecule has 1 aromatic carbocycles. The van der Waals surface area contributed by atoms with Gasteiger partial charge in [0.15, 0.2) is 5.78 Å². The molecule has 0 amide bonds. The van der Waals surface area contributed by atoms with Gasteiger partial charge in [-0.05, 0) is 61.6 Å². The molecule has 2 bridgehead atoms. The Hall–Kier alpha value is -1.37. The van der Waals surface area contributed by atoms with Crippen LogP contribution in [0.1, 0.15) is 73.4 Å². The first-order valence-electron chi connectivity index (χ1n) is 8.57. The highest BCUT2D eigenvalue weighted by molar-refractivity contribution is 5.99. The van der Waals surface area contributed by atoms with Crippen LogP contribution in [-0.2, 0) is 11.8 Å². The Morgan fingerprint density at radius 1 is 1.33 bits per heavy atom. The van der Waals surface area contributed by atoms with Gasteiger partial charge in [-0.2, -0.15) is 0 Å². The van der Waals surface area contributed by atoms with Crippen molar-refractivity contribution in [3.63, 3.8) is 0 Å². The molecule has 21 heavy (non-hydrogen) atoms. The molecule has 0 N–H and O–H groups in total. The van der Waals surface area contributed by atoms with E-state index in [2.05, 4.69) is 31.2 Å². The van der Waals surface area contributed by atoms with Gasteiger partial charge in [0.25, 0.3) is 0 Å². The lowest BCUT2D eigenvalue weighted by Gasteiger charge is -2.41. The zero-order valence-corrected chi connectivity index (χ0v) is 13.0. The van der Waals surface area contributed by atoms with Crippen LogP contribution >= 0.6 is 0 Å². The van der Waals surface area contributed by atoms with Gasteiger partial charge in [0.2, 0.25) is 0 Å². The normalized spacial score (nSPS) is 29.9. The van der Waals surface area contributed by atoms with Crippen molar-refractivity contribution in [1.82, 2.24) is 0 Å². The average Bonchev–Trinajstić information content (AvgIpc) is 3.10. The van der Waals surface area contributed by atoms with Crippen LogP contribution in [0, 0.1) is 5.92 Å². The van der Waals surface area contributed by atoms with Gasteiger partial charge in [0.1, 0.15) is 0 Å². The first-order valence-corrected chi connectivity index (χ1v) is 8.57. The number of carbonyl (C=O) groups excluding carboxylic acids is 1. The fourth-order valence-electron chi connectivity index (χ4n) is 4.91. The van der Waals surface area contributed by atoms with Crippen molar-refractivity contribution in [1.29, 1.82) is 0 Å². The predicted molar refractivity (Wildman–Crippen MR) is 85.7 cm³/mol. The van der Waals surface area contributed by atoms with Gasteiger partial charge in [0, 0.05) is 17.4 Å². The number of hydrogen-bond donors (Lipinski definition) is 0. The number of unbranched alkanes of at least 4 members (excludes halogenated alkanes) is 1. The Bertz CT molecular complexity index is 625. The van der Waals surface area contributed by atoms with Crippen molar-refractivity contribution >= 4 is 5.78 Å². The summed E-state index contributed by atoms with van der Waals surface area (Å²) in [6, 6.07) is 6.81. The summed E-state index contributed by atoms with van der Waals surface area (Å²) in [6.45, 7) is 2.22. The quantitative estimate of drug-likeness (QED) is 0.713. The Morgan fingerprint density at radius 3 is 2.95 bits per heavy atom. The Morgan fingerprint density at radius 2 is 2.24 bits per heavy atom. The topological polar surface area (TPSA) is 17.1 Å². The van der Waals surface area contributed by atoms with Crippen LogP contribution in [0.5, 0.6) is 0 Å². The number of Topliss-reactive ketones (excluding diaryl/α,β-unsaturated/α-hetero) is 1. The molecular weight excluding hydrogens is 256 g/mol. The molecule has 2 unspecified atom stereocenters. The lowest BCUT2D eigenvalue weighted by Crippen LogP contribution is -2.37. The smallest absolute Gasteiger partial charge is 0.163 e. The molecule has 1 spiro atoms. The van der Waals surface area contributed by atoms with Crippen LogP contribution in [0.4, 0.5) is 0 Å². The highest BCUT2D eigenvalue weighted by Crippen LogP contribution is 2.58. The minimum atomic E-state index is 0.302. The molecule has 0 saturated heterocycles. The number of hydrogen-bond acceptors (Lipinski definition) is 1. The van der Waals surface area contributed by atoms with Crippen molar-refractivity contribution in [2.75, 3.05) is 0 Å². The van der Waals surface area contributed by atoms with Gasteiger partial charge < -0.3 is 0 Å². The second-order valence-electron chi connectivity index (χ2n) is 7.24. The van der Waals surface area contributed by atoms with Gasteiger partial charge in [-0.25, -0.2) is 0 Å². The van der Waals surface area contributed by atoms with E-state index in [-0.39, 0.29) is 0 Å². The number of fused-ring (bicyclic) bond motifs is 5. The molecule has 2 atom stereocenters. The Balaban J connectivity index is 1.76. The minimum absolute atomic E-state index is 0.302. The maximum absolute atomic E-state index is 12.4. The van der Waals surface area contributed by atoms with E-state index in [0.29, 0.717) is 11.2 Å². The molecule has 0 aliphatic heterocycles. The zero-order chi connectivity index (χ0) is 14.4. The molecule has 1 saturated carbocycles. The van der Waals surface area contributed by atoms with Gasteiger partial charge in [-0.15, -0.1) is 0 Å². The van der Waals surface area contributed by atoms with Crippen molar-refractivity contribution in [2.45, 2.75) is 63.7 Å². The lowest BCUT2D eigenvalue weighted by atomic mass is 9.62. The second kappa shape index (κ2) is 4.83. The summed E-state index contributed by atoms with van der Waals surface area (Å²) in [5.41, 5.74) is 5.74. The summed E-state index contributed by atoms with van der Waals surface area (Å²) >= 11 is 0. The van der Waals surface area contributed by atoms with E-state index in [4.69, 9.17) is 0 Å². The first kappa shape index (κ1) is 13.3. The van der Waals surface area contributed by atoms with Gasteiger partial charge in [-0.3, -0.25) is 4.79 Å². The second-order valence-corrected chi connectivity index (χ2v) is 7.24. The van der Waals surface area contributed by atoms with Crippen molar-refractivity contribution < 1.29 is 4.79 Å². The molecular formula is C20H24O. The van der Waals surface area contributed by atoms with Crippen molar-refractivity contribution in [3.05, 3.63) is 46.5 Å². The van der Waals surface area contributed by atoms with Crippen LogP contribution in [0.25, 0.3) is 0 Å². The van der Waals surface area contributed by atoms with Crippen LogP contribution in [0.15, 0.2) is 29.8 Å². The van der Waals surface area contributed by atoms with Crippen molar-refractivity contribution in [3.8, 4) is 0 Å². The third-order valence-electron chi connectivity index (χ3n) is 6.06. The fraction of sp³-hybridized carbons (Fsp3) is 0.550. The van der Waals surface area contributed by atoms with Crippen LogP contribution < -0.4 is 0 Å². The number of carbonyl (C=O) groups is 1. The number of rotatable bonds is 3. The number of aryl methyl sites for hydroxylation is 1. The molecule has 1 nitrogen and oxygen atoms in total. The van der Waals surface area contributed by atoms with Gasteiger partial charge in [0.05, 0.1) is 0 Å². The van der Waals surface area contributed by atoms with E-state index >= 15 is 0 Å². The lowest BCUT2D eigenvalue weighted by molar-refractivity contribution is 0.0939. The van der Waals surface area contributed by atoms with Gasteiger partial charge >= 0.3 is 0 Å². The molecule has 0 heterocycles. The third-order valence-corrected chi connectivity index (χ3v) is 6.06. The van der Waals surface area contributed by atoms with Crippen molar-refractivity contribution in [2.24, 2.45) is 5.92 Å². The summed E-state index contributed by atoms with van der Waals surface area (Å²) < 4.78 is 0. The highest BCUT2D eigenvalue weighted by Gasteiger charge is 2.51. The van der Waals surface area contributed by atoms with E-state index in [1.54, 1.807) is 5.57 Å². The maximum atomic E-state index is 12.4. The number of benzene rings is 1. The zero-order valence-electron chi connectivity index (χ0n) is 13.0. The van der Waals surface area contributed by atoms with E-state index in [0.717, 1.165) is 30.7 Å². The average molecular weight is 280 g/mol. The molecule has 0 radical (unpaired) electrons. The molecule has 4 rings (SSSR count). The SMILES string of the molecule is CCCCc1ccc2c(c1)C(=O)CCC21CC2=CCC1C2. The summed E-state index contributed by atoms with van der Waals surface area (Å²) in [7, 11) is 0. The monoisotopic (exact) mass is 280 g/mol. The van der Waals surface area contributed by atoms with E-state index < -0.39 is 0 Å². The number of ketones is 1. The molecule has 1 heteroatoms. The Kier molecular flexibility index (Phi) is 3.06. The maximum Gasteiger partial charge on any atom is 0.163 e. The number of allylic oxidation sites excluding steroid dienone is 2. The third kappa shape index (κ3) is 1.93. The Labute approximate surface area is 127 Å². The predicted octanol–water partition coefficient (Wildman–Crippen LogP) is 4.98. The van der Waals surface area contributed by atoms with E-state index in [1.807, 2.05) is 0 Å². The molecule has 1 fully saturated rings. The van der Waals surface area contributed by atoms with Crippen LogP contribution in [-0.4, -0.2) is 5.78 Å². The molecule has 1 aromatic rings. The highest BCUT2D eigenvalue weighted by atomic mass is 16.1. The van der Waals surface area contributed by atoms with Crippen LogP contribution in [0.3, 0.4) is 0 Å². The largest absolute Gasteiger partial charge is 0.294 e. The summed E-state index contributed by atoms with van der Waals surface area (Å²) in [5.74, 6) is 1.14. The molecule has 110 valence electrons. The standard InChI is InChI=1S/C20H24O/c1-2-3-4-14-6-8-18-17(12-14)19(21)9-10-20(18)13-15-5-7-16(20)11-15/h5-6,8,12,16H,2-4,7,9-11,13H2,1H3. The minimum Gasteiger partial charge on any atom is -0.294 e. The molecule has 0 aromatic heterocycles.